The van der Waals surface area contributed by atoms with Crippen molar-refractivity contribution in [1.29, 1.82) is 0 Å². The first-order chi connectivity index (χ1) is 7.51. The lowest BCUT2D eigenvalue weighted by atomic mass is 10.2. The molecule has 0 heterocycles. The summed E-state index contributed by atoms with van der Waals surface area (Å²) >= 11 is 0. The second kappa shape index (κ2) is 8.06. The summed E-state index contributed by atoms with van der Waals surface area (Å²) in [6.07, 6.45) is 0.242. The van der Waals surface area contributed by atoms with Gasteiger partial charge in [0.15, 0.2) is 0 Å². The molecule has 0 saturated heterocycles. The second-order valence-electron chi connectivity index (χ2n) is 3.73. The molecule has 0 aromatic carbocycles. The zero-order chi connectivity index (χ0) is 12.6. The maximum Gasteiger partial charge on any atom is 0.321 e. The smallest absolute Gasteiger partial charge is 0.321 e. The standard InChI is InChI=1S/C10H21N3O3/c1-8(2)13(6-7-14)5-4-9(15)12-10(16)11-3/h8,14H,4-7H2,1-3H3,(H2,11,12,15,16). The molecule has 0 atom stereocenters. The number of rotatable bonds is 6. The maximum absolute atomic E-state index is 11.3. The fourth-order valence-corrected chi connectivity index (χ4v) is 1.25. The van der Waals surface area contributed by atoms with Gasteiger partial charge in [-0.15, -0.1) is 0 Å². The predicted octanol–water partition coefficient (Wildman–Crippen LogP) is -0.465. The molecule has 0 spiro atoms. The van der Waals surface area contributed by atoms with Crippen LogP contribution in [0.1, 0.15) is 20.3 Å². The van der Waals surface area contributed by atoms with Crippen molar-refractivity contribution in [3.05, 3.63) is 0 Å². The zero-order valence-electron chi connectivity index (χ0n) is 10.1. The molecule has 0 rings (SSSR count). The second-order valence-corrected chi connectivity index (χ2v) is 3.73. The summed E-state index contributed by atoms with van der Waals surface area (Å²) < 4.78 is 0. The van der Waals surface area contributed by atoms with Crippen LogP contribution in [0.5, 0.6) is 0 Å². The molecular weight excluding hydrogens is 210 g/mol. The number of nitrogens with zero attached hydrogens (tertiary/aromatic N) is 1. The summed E-state index contributed by atoms with van der Waals surface area (Å²) in [7, 11) is 1.45. The van der Waals surface area contributed by atoms with Crippen molar-refractivity contribution in [2.75, 3.05) is 26.7 Å². The lowest BCUT2D eigenvalue weighted by molar-refractivity contribution is -0.120. The first kappa shape index (κ1) is 14.9. The number of aliphatic hydroxyl groups excluding tert-OH is 1. The first-order valence-corrected chi connectivity index (χ1v) is 5.37. The lowest BCUT2D eigenvalue weighted by Gasteiger charge is -2.24. The minimum Gasteiger partial charge on any atom is -0.395 e. The van der Waals surface area contributed by atoms with Crippen LogP contribution in [0.15, 0.2) is 0 Å². The molecule has 6 nitrogen and oxygen atoms in total. The number of nitrogens with one attached hydrogen (secondary N) is 2. The fraction of sp³-hybridized carbons (Fsp3) is 0.800. The Morgan fingerprint density at radius 2 is 1.94 bits per heavy atom. The Hall–Kier alpha value is -1.14. The Balaban J connectivity index is 3.91. The van der Waals surface area contributed by atoms with Gasteiger partial charge in [-0.05, 0) is 13.8 Å². The normalized spacial score (nSPS) is 10.6. The third kappa shape index (κ3) is 6.36. The molecule has 0 fully saturated rings. The monoisotopic (exact) mass is 231 g/mol. The summed E-state index contributed by atoms with van der Waals surface area (Å²) in [4.78, 5) is 24.1. The number of carbonyl (C=O) groups excluding carboxylic acids is 2. The number of urea groups is 1. The van der Waals surface area contributed by atoms with Gasteiger partial charge in [0.05, 0.1) is 6.61 Å². The molecule has 0 aromatic heterocycles. The molecule has 0 aliphatic carbocycles. The molecule has 0 radical (unpaired) electrons. The van der Waals surface area contributed by atoms with E-state index in [1.807, 2.05) is 18.7 Å². The van der Waals surface area contributed by atoms with Gasteiger partial charge in [-0.1, -0.05) is 0 Å². The predicted molar refractivity (Wildman–Crippen MR) is 61.0 cm³/mol. The summed E-state index contributed by atoms with van der Waals surface area (Å²) in [6, 6.07) is -0.233. The van der Waals surface area contributed by atoms with Gasteiger partial charge < -0.3 is 10.4 Å². The molecule has 0 bridgehead atoms. The van der Waals surface area contributed by atoms with Crippen molar-refractivity contribution in [1.82, 2.24) is 15.5 Å². The molecule has 0 aliphatic rings. The average Bonchev–Trinajstić information content (AvgIpc) is 2.23. The third-order valence-corrected chi connectivity index (χ3v) is 2.22. The molecule has 6 heteroatoms. The van der Waals surface area contributed by atoms with Gasteiger partial charge in [0.1, 0.15) is 0 Å². The third-order valence-electron chi connectivity index (χ3n) is 2.22. The Bertz CT molecular complexity index is 231. The van der Waals surface area contributed by atoms with Crippen LogP contribution in [0.2, 0.25) is 0 Å². The topological polar surface area (TPSA) is 81.7 Å². The van der Waals surface area contributed by atoms with E-state index in [4.69, 9.17) is 5.11 Å². The fourth-order valence-electron chi connectivity index (χ4n) is 1.25. The van der Waals surface area contributed by atoms with Crippen molar-refractivity contribution in [3.63, 3.8) is 0 Å². The van der Waals surface area contributed by atoms with E-state index in [0.29, 0.717) is 13.1 Å². The highest BCUT2D eigenvalue weighted by molar-refractivity contribution is 5.94. The van der Waals surface area contributed by atoms with E-state index in [9.17, 15) is 9.59 Å². The molecular formula is C10H21N3O3. The highest BCUT2D eigenvalue weighted by atomic mass is 16.3. The van der Waals surface area contributed by atoms with Crippen LogP contribution in [-0.4, -0.2) is 54.7 Å². The van der Waals surface area contributed by atoms with E-state index in [1.165, 1.54) is 7.05 Å². The summed E-state index contributed by atoms with van der Waals surface area (Å²) in [5, 5.41) is 13.3. The molecule has 94 valence electrons. The van der Waals surface area contributed by atoms with E-state index < -0.39 is 6.03 Å². The average molecular weight is 231 g/mol. The van der Waals surface area contributed by atoms with Gasteiger partial charge >= 0.3 is 6.03 Å². The molecule has 0 saturated carbocycles. The minimum absolute atomic E-state index is 0.0647. The van der Waals surface area contributed by atoms with Gasteiger partial charge in [0, 0.05) is 32.6 Å². The van der Waals surface area contributed by atoms with Gasteiger partial charge in [-0.2, -0.15) is 0 Å². The van der Waals surface area contributed by atoms with Gasteiger partial charge in [-0.3, -0.25) is 15.0 Å². The van der Waals surface area contributed by atoms with Gasteiger partial charge in [0.2, 0.25) is 5.91 Å². The minimum atomic E-state index is -0.497. The van der Waals surface area contributed by atoms with Crippen LogP contribution >= 0.6 is 0 Å². The quantitative estimate of drug-likeness (QED) is 0.577. The van der Waals surface area contributed by atoms with E-state index in [2.05, 4.69) is 10.6 Å². The van der Waals surface area contributed by atoms with Crippen LogP contribution in [0.4, 0.5) is 4.79 Å². The largest absolute Gasteiger partial charge is 0.395 e. The number of imide groups is 1. The number of carbonyl (C=O) groups is 2. The van der Waals surface area contributed by atoms with Crippen LogP contribution in [0.25, 0.3) is 0 Å². The Labute approximate surface area is 96.0 Å². The number of amides is 3. The van der Waals surface area contributed by atoms with E-state index in [1.54, 1.807) is 0 Å². The number of aliphatic hydroxyl groups is 1. The molecule has 16 heavy (non-hydrogen) atoms. The molecule has 0 aromatic rings. The van der Waals surface area contributed by atoms with Gasteiger partial charge in [0.25, 0.3) is 0 Å². The Kier molecular flexibility index (Phi) is 7.49. The molecule has 0 unspecified atom stereocenters. The molecule has 3 N–H and O–H groups in total. The van der Waals surface area contributed by atoms with Crippen molar-refractivity contribution in [2.24, 2.45) is 0 Å². The van der Waals surface area contributed by atoms with E-state index >= 15 is 0 Å². The van der Waals surface area contributed by atoms with Crippen molar-refractivity contribution < 1.29 is 14.7 Å². The van der Waals surface area contributed by atoms with E-state index in [0.717, 1.165) is 0 Å². The SMILES string of the molecule is CNC(=O)NC(=O)CCN(CCO)C(C)C. The van der Waals surface area contributed by atoms with Crippen LogP contribution in [0.3, 0.4) is 0 Å². The number of hydrogen-bond donors (Lipinski definition) is 3. The molecule has 0 aliphatic heterocycles. The summed E-state index contributed by atoms with van der Waals surface area (Å²) in [5.74, 6) is -0.317. The van der Waals surface area contributed by atoms with E-state index in [-0.39, 0.29) is 25.0 Å². The van der Waals surface area contributed by atoms with Gasteiger partial charge in [-0.25, -0.2) is 4.79 Å². The highest BCUT2D eigenvalue weighted by Crippen LogP contribution is 1.98. The first-order valence-electron chi connectivity index (χ1n) is 5.37. The number of hydrogen-bond acceptors (Lipinski definition) is 4. The van der Waals surface area contributed by atoms with Crippen molar-refractivity contribution >= 4 is 11.9 Å². The van der Waals surface area contributed by atoms with Crippen LogP contribution in [-0.2, 0) is 4.79 Å². The zero-order valence-corrected chi connectivity index (χ0v) is 10.1. The van der Waals surface area contributed by atoms with Crippen molar-refractivity contribution in [3.8, 4) is 0 Å². The maximum atomic E-state index is 11.3. The molecule has 3 amide bonds. The van der Waals surface area contributed by atoms with Crippen LogP contribution in [0, 0.1) is 0 Å². The lowest BCUT2D eigenvalue weighted by Crippen LogP contribution is -2.40. The summed E-state index contributed by atoms with van der Waals surface area (Å²) in [5.41, 5.74) is 0. The van der Waals surface area contributed by atoms with Crippen molar-refractivity contribution in [2.45, 2.75) is 26.3 Å². The summed E-state index contributed by atoms with van der Waals surface area (Å²) in [6.45, 7) is 5.11. The Morgan fingerprint density at radius 3 is 2.38 bits per heavy atom. The van der Waals surface area contributed by atoms with Crippen LogP contribution < -0.4 is 10.6 Å². The highest BCUT2D eigenvalue weighted by Gasteiger charge is 2.12. The Morgan fingerprint density at radius 1 is 1.31 bits per heavy atom.